The minimum absolute atomic E-state index is 0.324. The molecule has 0 spiro atoms. The van der Waals surface area contributed by atoms with E-state index in [2.05, 4.69) is 9.97 Å². The van der Waals surface area contributed by atoms with E-state index in [1.165, 1.54) is 6.92 Å². The average molecular weight is 233 g/mol. The largest absolute Gasteiger partial charge is 0.238 e. The molecule has 0 fully saturated rings. The third-order valence-corrected chi connectivity index (χ3v) is 3.37. The second-order valence-electron chi connectivity index (χ2n) is 3.26. The van der Waals surface area contributed by atoms with E-state index in [4.69, 9.17) is 5.14 Å². The summed E-state index contributed by atoms with van der Waals surface area (Å²) in [5.41, 5.74) is 0. The maximum Gasteiger partial charge on any atom is 0.211 e. The van der Waals surface area contributed by atoms with Crippen molar-refractivity contribution < 1.29 is 12.8 Å². The molecule has 0 saturated carbocycles. The molecule has 0 aliphatic heterocycles. The maximum absolute atomic E-state index is 12.4. The van der Waals surface area contributed by atoms with Gasteiger partial charge in [-0.1, -0.05) is 0 Å². The molecule has 0 saturated heterocycles. The van der Waals surface area contributed by atoms with E-state index in [0.29, 0.717) is 18.7 Å². The van der Waals surface area contributed by atoms with Crippen LogP contribution in [0.25, 0.3) is 0 Å². The van der Waals surface area contributed by atoms with Crippen LogP contribution in [0.5, 0.6) is 0 Å². The van der Waals surface area contributed by atoms with E-state index in [1.807, 2.05) is 0 Å². The van der Waals surface area contributed by atoms with Gasteiger partial charge < -0.3 is 0 Å². The quantitative estimate of drug-likeness (QED) is 0.806. The van der Waals surface area contributed by atoms with E-state index in [9.17, 15) is 12.8 Å². The van der Waals surface area contributed by atoms with Gasteiger partial charge in [-0.3, -0.25) is 0 Å². The SMILES string of the molecule is C[C@@H](CCc1ncc(F)cn1)S(N)(=O)=O. The summed E-state index contributed by atoms with van der Waals surface area (Å²) in [6, 6.07) is 0. The van der Waals surface area contributed by atoms with Gasteiger partial charge in [0.25, 0.3) is 0 Å². The van der Waals surface area contributed by atoms with E-state index in [0.717, 1.165) is 12.4 Å². The van der Waals surface area contributed by atoms with Crippen LogP contribution in [0.1, 0.15) is 19.2 Å². The normalized spacial score (nSPS) is 13.8. The van der Waals surface area contributed by atoms with Gasteiger partial charge in [0.1, 0.15) is 5.82 Å². The number of aromatic nitrogens is 2. The van der Waals surface area contributed by atoms with Crippen LogP contribution in [0.4, 0.5) is 4.39 Å². The number of sulfonamides is 1. The van der Waals surface area contributed by atoms with E-state index in [1.54, 1.807) is 0 Å². The van der Waals surface area contributed by atoms with E-state index < -0.39 is 21.1 Å². The van der Waals surface area contributed by atoms with Crippen molar-refractivity contribution in [2.75, 3.05) is 0 Å². The first-order chi connectivity index (χ1) is 6.89. The van der Waals surface area contributed by atoms with Crippen molar-refractivity contribution >= 4 is 10.0 Å². The van der Waals surface area contributed by atoms with Crippen LogP contribution in [0.15, 0.2) is 12.4 Å². The minimum atomic E-state index is -3.51. The summed E-state index contributed by atoms with van der Waals surface area (Å²) in [6.07, 6.45) is 2.77. The Balaban J connectivity index is 2.55. The highest BCUT2D eigenvalue weighted by Gasteiger charge is 2.15. The third-order valence-electron chi connectivity index (χ3n) is 2.01. The number of halogens is 1. The molecule has 7 heteroatoms. The van der Waals surface area contributed by atoms with E-state index in [-0.39, 0.29) is 0 Å². The molecule has 15 heavy (non-hydrogen) atoms. The molecule has 1 rings (SSSR count). The minimum Gasteiger partial charge on any atom is -0.238 e. The summed E-state index contributed by atoms with van der Waals surface area (Å²) in [4.78, 5) is 7.42. The number of primary sulfonamides is 1. The zero-order chi connectivity index (χ0) is 11.5. The van der Waals surface area contributed by atoms with Crippen LogP contribution in [0.3, 0.4) is 0 Å². The first kappa shape index (κ1) is 12.0. The number of nitrogens with zero attached hydrogens (tertiary/aromatic N) is 2. The maximum atomic E-state index is 12.4. The predicted octanol–water partition coefficient (Wildman–Crippen LogP) is 0.225. The Morgan fingerprint density at radius 2 is 2.00 bits per heavy atom. The molecule has 1 aromatic heterocycles. The van der Waals surface area contributed by atoms with E-state index >= 15 is 0 Å². The number of hydrogen-bond donors (Lipinski definition) is 1. The summed E-state index contributed by atoms with van der Waals surface area (Å²) in [6.45, 7) is 1.51. The van der Waals surface area contributed by atoms with Crippen molar-refractivity contribution in [1.29, 1.82) is 0 Å². The molecule has 2 N–H and O–H groups in total. The second kappa shape index (κ2) is 4.63. The van der Waals surface area contributed by atoms with Gasteiger partial charge in [-0.25, -0.2) is 27.9 Å². The van der Waals surface area contributed by atoms with Crippen molar-refractivity contribution in [2.45, 2.75) is 25.0 Å². The van der Waals surface area contributed by atoms with Crippen molar-refractivity contribution in [3.8, 4) is 0 Å². The fourth-order valence-electron chi connectivity index (χ4n) is 0.965. The standard InChI is InChI=1S/C8H12FN3O2S/c1-6(15(10,13)14)2-3-8-11-4-7(9)5-12-8/h4-6H,2-3H2,1H3,(H2,10,13,14)/t6-/m0/s1. The Bertz CT molecular complexity index is 418. The van der Waals surface area contributed by atoms with Crippen LogP contribution in [-0.4, -0.2) is 23.6 Å². The molecular formula is C8H12FN3O2S. The Labute approximate surface area is 87.6 Å². The van der Waals surface area contributed by atoms with Gasteiger partial charge in [-0.2, -0.15) is 0 Å². The van der Waals surface area contributed by atoms with Crippen molar-refractivity contribution in [1.82, 2.24) is 9.97 Å². The summed E-state index contributed by atoms with van der Waals surface area (Å²) in [7, 11) is -3.51. The van der Waals surface area contributed by atoms with Crippen LogP contribution in [-0.2, 0) is 16.4 Å². The molecular weight excluding hydrogens is 221 g/mol. The molecule has 1 aromatic rings. The topological polar surface area (TPSA) is 85.9 Å². The second-order valence-corrected chi connectivity index (χ2v) is 5.24. The Morgan fingerprint density at radius 1 is 1.47 bits per heavy atom. The van der Waals surface area contributed by atoms with Gasteiger partial charge >= 0.3 is 0 Å². The third kappa shape index (κ3) is 3.88. The van der Waals surface area contributed by atoms with Crippen LogP contribution >= 0.6 is 0 Å². The number of aryl methyl sites for hydroxylation is 1. The smallest absolute Gasteiger partial charge is 0.211 e. The molecule has 0 radical (unpaired) electrons. The number of hydrogen-bond acceptors (Lipinski definition) is 4. The van der Waals surface area contributed by atoms with Gasteiger partial charge in [0.15, 0.2) is 5.82 Å². The molecule has 84 valence electrons. The molecule has 0 aromatic carbocycles. The number of rotatable bonds is 4. The predicted molar refractivity (Wildman–Crippen MR) is 52.9 cm³/mol. The van der Waals surface area contributed by atoms with Gasteiger partial charge in [0, 0.05) is 6.42 Å². The summed E-state index contributed by atoms with van der Waals surface area (Å²) >= 11 is 0. The molecule has 0 amide bonds. The fourth-order valence-corrected chi connectivity index (χ4v) is 1.41. The van der Waals surface area contributed by atoms with Gasteiger partial charge in [0.05, 0.1) is 17.6 Å². The Morgan fingerprint density at radius 3 is 2.47 bits per heavy atom. The monoisotopic (exact) mass is 233 g/mol. The van der Waals surface area contributed by atoms with Crippen LogP contribution < -0.4 is 5.14 Å². The van der Waals surface area contributed by atoms with Gasteiger partial charge in [-0.15, -0.1) is 0 Å². The molecule has 0 aliphatic carbocycles. The first-order valence-electron chi connectivity index (χ1n) is 4.37. The zero-order valence-electron chi connectivity index (χ0n) is 8.22. The van der Waals surface area contributed by atoms with Gasteiger partial charge in [0.2, 0.25) is 10.0 Å². The van der Waals surface area contributed by atoms with Crippen molar-refractivity contribution in [2.24, 2.45) is 5.14 Å². The first-order valence-corrected chi connectivity index (χ1v) is 5.98. The highest BCUT2D eigenvalue weighted by atomic mass is 32.2. The lowest BCUT2D eigenvalue weighted by molar-refractivity contribution is 0.575. The van der Waals surface area contributed by atoms with Gasteiger partial charge in [-0.05, 0) is 13.3 Å². The lowest BCUT2D eigenvalue weighted by Gasteiger charge is -2.07. The number of nitrogens with two attached hydrogens (primary N) is 1. The molecule has 0 aliphatic rings. The van der Waals surface area contributed by atoms with Crippen molar-refractivity contribution in [3.05, 3.63) is 24.0 Å². The molecule has 5 nitrogen and oxygen atoms in total. The fraction of sp³-hybridized carbons (Fsp3) is 0.500. The zero-order valence-corrected chi connectivity index (χ0v) is 9.04. The summed E-state index contributed by atoms with van der Waals surface area (Å²) in [5.74, 6) is -0.106. The Kier molecular flexibility index (Phi) is 3.70. The highest BCUT2D eigenvalue weighted by Crippen LogP contribution is 2.05. The highest BCUT2D eigenvalue weighted by molar-refractivity contribution is 7.89. The van der Waals surface area contributed by atoms with Crippen LogP contribution in [0, 0.1) is 5.82 Å². The van der Waals surface area contributed by atoms with Crippen LogP contribution in [0.2, 0.25) is 0 Å². The van der Waals surface area contributed by atoms with Crippen molar-refractivity contribution in [3.63, 3.8) is 0 Å². The molecule has 0 unspecified atom stereocenters. The summed E-state index contributed by atoms with van der Waals surface area (Å²) < 4.78 is 34.2. The lowest BCUT2D eigenvalue weighted by Crippen LogP contribution is -2.26. The summed E-state index contributed by atoms with van der Waals surface area (Å²) in [5, 5.41) is 4.29. The molecule has 1 heterocycles. The average Bonchev–Trinajstić information content (AvgIpc) is 2.15. The molecule has 1 atom stereocenters. The lowest BCUT2D eigenvalue weighted by atomic mass is 10.2. The molecule has 0 bridgehead atoms. The Hall–Kier alpha value is -1.08.